The number of unbranched alkanes of at least 4 members (excludes halogenated alkanes) is 1. The van der Waals surface area contributed by atoms with Crippen LogP contribution in [0, 0.1) is 0 Å². The molecule has 1 saturated heterocycles. The third-order valence-electron chi connectivity index (χ3n) is 3.05. The Balaban J connectivity index is 2.06. The minimum absolute atomic E-state index is 0.252. The van der Waals surface area contributed by atoms with Gasteiger partial charge >= 0.3 is 0 Å². The second kappa shape index (κ2) is 6.72. The molecule has 0 aromatic rings. The van der Waals surface area contributed by atoms with Crippen molar-refractivity contribution in [3.05, 3.63) is 0 Å². The first-order chi connectivity index (χ1) is 7.87. The molecule has 102 valence electrons. The lowest BCUT2D eigenvalue weighted by Gasteiger charge is -2.35. The van der Waals surface area contributed by atoms with Gasteiger partial charge in [-0.2, -0.15) is 0 Å². The van der Waals surface area contributed by atoms with Crippen molar-refractivity contribution in [2.75, 3.05) is 26.2 Å². The minimum Gasteiger partial charge on any atom is -0.373 e. The average Bonchev–Trinajstić information content (AvgIpc) is 2.13. The van der Waals surface area contributed by atoms with Crippen LogP contribution in [0.15, 0.2) is 0 Å². The van der Waals surface area contributed by atoms with Gasteiger partial charge in [0.1, 0.15) is 0 Å². The Morgan fingerprint density at radius 1 is 1.12 bits per heavy atom. The summed E-state index contributed by atoms with van der Waals surface area (Å²) in [4.78, 5) is 2.54. The highest BCUT2D eigenvalue weighted by Gasteiger charge is 2.21. The van der Waals surface area contributed by atoms with Crippen molar-refractivity contribution in [2.45, 2.75) is 65.2 Å². The Hall–Kier alpha value is -0.120. The zero-order valence-corrected chi connectivity index (χ0v) is 12.3. The van der Waals surface area contributed by atoms with E-state index in [0.717, 1.165) is 19.6 Å². The van der Waals surface area contributed by atoms with E-state index in [9.17, 15) is 0 Å². The highest BCUT2D eigenvalue weighted by molar-refractivity contribution is 4.74. The van der Waals surface area contributed by atoms with Crippen LogP contribution in [0.4, 0.5) is 0 Å². The van der Waals surface area contributed by atoms with Crippen LogP contribution in [-0.4, -0.2) is 48.8 Å². The first-order valence-electron chi connectivity index (χ1n) is 6.99. The molecule has 1 aliphatic heterocycles. The van der Waals surface area contributed by atoms with Gasteiger partial charge in [-0.3, -0.25) is 4.90 Å². The molecule has 0 amide bonds. The van der Waals surface area contributed by atoms with Crippen molar-refractivity contribution in [3.63, 3.8) is 0 Å². The minimum atomic E-state index is 0.252. The maximum Gasteiger partial charge on any atom is 0.0678 e. The monoisotopic (exact) mass is 242 g/mol. The average molecular weight is 242 g/mol. The quantitative estimate of drug-likeness (QED) is 0.749. The zero-order valence-electron chi connectivity index (χ0n) is 12.3. The number of ether oxygens (including phenoxy) is 1. The molecule has 1 aliphatic rings. The highest BCUT2D eigenvalue weighted by Crippen LogP contribution is 2.11. The summed E-state index contributed by atoms with van der Waals surface area (Å²) in [6.45, 7) is 15.5. The summed E-state index contributed by atoms with van der Waals surface area (Å²) in [5, 5.41) is 3.53. The van der Waals surface area contributed by atoms with Crippen LogP contribution in [0.5, 0.6) is 0 Å². The van der Waals surface area contributed by atoms with Gasteiger partial charge in [-0.1, -0.05) is 0 Å². The summed E-state index contributed by atoms with van der Waals surface area (Å²) in [6.07, 6.45) is 3.33. The van der Waals surface area contributed by atoms with Crippen molar-refractivity contribution in [1.29, 1.82) is 0 Å². The van der Waals surface area contributed by atoms with Crippen LogP contribution in [0.3, 0.4) is 0 Å². The molecular weight excluding hydrogens is 212 g/mol. The van der Waals surface area contributed by atoms with Crippen LogP contribution in [-0.2, 0) is 4.74 Å². The van der Waals surface area contributed by atoms with Crippen molar-refractivity contribution in [2.24, 2.45) is 0 Å². The van der Waals surface area contributed by atoms with Crippen molar-refractivity contribution in [1.82, 2.24) is 10.2 Å². The zero-order chi connectivity index (χ0) is 12.9. The number of morpholine rings is 1. The van der Waals surface area contributed by atoms with Crippen molar-refractivity contribution >= 4 is 0 Å². The molecule has 1 heterocycles. The van der Waals surface area contributed by atoms with E-state index < -0.39 is 0 Å². The van der Waals surface area contributed by atoms with Crippen LogP contribution in [0.2, 0.25) is 0 Å². The molecule has 0 aliphatic carbocycles. The molecule has 1 rings (SSSR count). The van der Waals surface area contributed by atoms with Gasteiger partial charge in [-0.25, -0.2) is 0 Å². The standard InChI is InChI=1S/C14H30N2O/c1-12-10-16(11-13(2)17-12)9-7-6-8-15-14(3,4)5/h12-13,15H,6-11H2,1-5H3. The summed E-state index contributed by atoms with van der Waals surface area (Å²) in [7, 11) is 0. The number of hydrogen-bond acceptors (Lipinski definition) is 3. The molecule has 3 heteroatoms. The molecule has 0 saturated carbocycles. The molecule has 2 unspecified atom stereocenters. The van der Waals surface area contributed by atoms with E-state index in [1.165, 1.54) is 19.4 Å². The lowest BCUT2D eigenvalue weighted by Crippen LogP contribution is -2.45. The van der Waals surface area contributed by atoms with Gasteiger partial charge in [0, 0.05) is 18.6 Å². The van der Waals surface area contributed by atoms with E-state index in [2.05, 4.69) is 44.8 Å². The Kier molecular flexibility index (Phi) is 5.90. The van der Waals surface area contributed by atoms with Gasteiger partial charge in [0.05, 0.1) is 12.2 Å². The smallest absolute Gasteiger partial charge is 0.0678 e. The number of hydrogen-bond donors (Lipinski definition) is 1. The van der Waals surface area contributed by atoms with Crippen LogP contribution < -0.4 is 5.32 Å². The molecule has 17 heavy (non-hydrogen) atoms. The summed E-state index contributed by atoms with van der Waals surface area (Å²) in [6, 6.07) is 0. The van der Waals surface area contributed by atoms with Gasteiger partial charge in [-0.05, 0) is 60.5 Å². The largest absolute Gasteiger partial charge is 0.373 e. The molecule has 0 aromatic heterocycles. The Morgan fingerprint density at radius 2 is 1.71 bits per heavy atom. The summed E-state index contributed by atoms with van der Waals surface area (Å²) >= 11 is 0. The third kappa shape index (κ3) is 7.02. The number of nitrogens with zero attached hydrogens (tertiary/aromatic N) is 1. The van der Waals surface area contributed by atoms with Gasteiger partial charge in [0.25, 0.3) is 0 Å². The Labute approximate surface area is 107 Å². The fourth-order valence-electron chi connectivity index (χ4n) is 2.39. The topological polar surface area (TPSA) is 24.5 Å². The van der Waals surface area contributed by atoms with Crippen molar-refractivity contribution in [3.8, 4) is 0 Å². The lowest BCUT2D eigenvalue weighted by molar-refractivity contribution is -0.0681. The third-order valence-corrected chi connectivity index (χ3v) is 3.05. The van der Waals surface area contributed by atoms with E-state index in [0.29, 0.717) is 12.2 Å². The predicted molar refractivity (Wildman–Crippen MR) is 73.4 cm³/mol. The predicted octanol–water partition coefficient (Wildman–Crippen LogP) is 2.26. The fraction of sp³-hybridized carbons (Fsp3) is 1.00. The van der Waals surface area contributed by atoms with Gasteiger partial charge in [0.2, 0.25) is 0 Å². The van der Waals surface area contributed by atoms with Crippen LogP contribution in [0.1, 0.15) is 47.5 Å². The summed E-state index contributed by atoms with van der Waals surface area (Å²) < 4.78 is 5.73. The maximum atomic E-state index is 5.73. The van der Waals surface area contributed by atoms with Gasteiger partial charge < -0.3 is 10.1 Å². The van der Waals surface area contributed by atoms with Gasteiger partial charge in [-0.15, -0.1) is 0 Å². The highest BCUT2D eigenvalue weighted by atomic mass is 16.5. The fourth-order valence-corrected chi connectivity index (χ4v) is 2.39. The molecule has 0 radical (unpaired) electrons. The first kappa shape index (κ1) is 14.9. The van der Waals surface area contributed by atoms with Gasteiger partial charge in [0.15, 0.2) is 0 Å². The molecule has 1 fully saturated rings. The van der Waals surface area contributed by atoms with E-state index in [1.54, 1.807) is 0 Å². The Bertz CT molecular complexity index is 203. The van der Waals surface area contributed by atoms with E-state index in [-0.39, 0.29) is 5.54 Å². The molecule has 0 aromatic carbocycles. The second-order valence-corrected chi connectivity index (χ2v) is 6.40. The van der Waals surface area contributed by atoms with Crippen molar-refractivity contribution < 1.29 is 4.74 Å². The summed E-state index contributed by atoms with van der Waals surface area (Å²) in [5.74, 6) is 0. The number of rotatable bonds is 5. The molecule has 1 N–H and O–H groups in total. The molecule has 2 atom stereocenters. The summed E-state index contributed by atoms with van der Waals surface area (Å²) in [5.41, 5.74) is 0.252. The first-order valence-corrected chi connectivity index (χ1v) is 6.99. The van der Waals surface area contributed by atoms with Crippen LogP contribution in [0.25, 0.3) is 0 Å². The SMILES string of the molecule is CC1CN(CCCCNC(C)(C)C)CC(C)O1. The molecule has 0 bridgehead atoms. The van der Waals surface area contributed by atoms with Crippen LogP contribution >= 0.6 is 0 Å². The Morgan fingerprint density at radius 3 is 2.24 bits per heavy atom. The molecule has 3 nitrogen and oxygen atoms in total. The van der Waals surface area contributed by atoms with E-state index in [4.69, 9.17) is 4.74 Å². The molecular formula is C14H30N2O. The maximum absolute atomic E-state index is 5.73. The molecule has 0 spiro atoms. The normalized spacial score (nSPS) is 27.4. The lowest BCUT2D eigenvalue weighted by atomic mass is 10.1. The van der Waals surface area contributed by atoms with E-state index >= 15 is 0 Å². The van der Waals surface area contributed by atoms with E-state index in [1.807, 2.05) is 0 Å². The second-order valence-electron chi connectivity index (χ2n) is 6.40. The number of nitrogens with one attached hydrogen (secondary N) is 1.